The summed E-state index contributed by atoms with van der Waals surface area (Å²) in [6, 6.07) is 4.77. The highest BCUT2D eigenvalue weighted by molar-refractivity contribution is 5.78. The zero-order chi connectivity index (χ0) is 17.1. The molecule has 0 aliphatic heterocycles. The highest BCUT2D eigenvalue weighted by atomic mass is 19.4. The van der Waals surface area contributed by atoms with Crippen LogP contribution in [-0.4, -0.2) is 31.7 Å². The van der Waals surface area contributed by atoms with E-state index in [-0.39, 0.29) is 5.82 Å². The number of pyridine rings is 1. The molecule has 1 unspecified atom stereocenters. The van der Waals surface area contributed by atoms with Crippen LogP contribution in [0.15, 0.2) is 36.8 Å². The van der Waals surface area contributed by atoms with Gasteiger partial charge in [0.05, 0.1) is 6.42 Å². The van der Waals surface area contributed by atoms with Crippen molar-refractivity contribution in [3.05, 3.63) is 42.6 Å². The molecular weight excluding hydrogens is 315 g/mol. The van der Waals surface area contributed by atoms with Crippen molar-refractivity contribution in [1.82, 2.24) is 20.0 Å². The second kappa shape index (κ2) is 6.24. The van der Waals surface area contributed by atoms with Gasteiger partial charge in [0.1, 0.15) is 5.82 Å². The summed E-state index contributed by atoms with van der Waals surface area (Å²) in [5.74, 6) is -1.50. The molecule has 0 saturated carbocycles. The first kappa shape index (κ1) is 16.7. The van der Waals surface area contributed by atoms with E-state index in [1.807, 2.05) is 0 Å². The van der Waals surface area contributed by atoms with Crippen molar-refractivity contribution in [2.45, 2.75) is 18.2 Å². The van der Waals surface area contributed by atoms with Crippen LogP contribution in [0.25, 0.3) is 0 Å². The van der Waals surface area contributed by atoms with Crippen molar-refractivity contribution in [3.8, 4) is 0 Å². The van der Waals surface area contributed by atoms with Crippen LogP contribution in [0.1, 0.15) is 12.2 Å². The van der Waals surface area contributed by atoms with Crippen molar-refractivity contribution in [2.24, 2.45) is 7.05 Å². The predicted octanol–water partition coefficient (Wildman–Crippen LogP) is 1.10. The Balaban J connectivity index is 2.13. The topological polar surface area (TPSA) is 92.1 Å². The SMILES string of the molecule is Cn1ccnc1C(O)(CC(=O)NNc1ccccn1)C(F)(F)F. The molecule has 0 saturated heterocycles. The molecule has 23 heavy (non-hydrogen) atoms. The van der Waals surface area contributed by atoms with Crippen LogP contribution in [0.3, 0.4) is 0 Å². The molecule has 2 rings (SSSR count). The van der Waals surface area contributed by atoms with Gasteiger partial charge in [0.25, 0.3) is 0 Å². The summed E-state index contributed by atoms with van der Waals surface area (Å²) in [5.41, 5.74) is 1.02. The van der Waals surface area contributed by atoms with Crippen LogP contribution >= 0.6 is 0 Å². The number of amides is 1. The summed E-state index contributed by atoms with van der Waals surface area (Å²) in [4.78, 5) is 19.1. The van der Waals surface area contributed by atoms with Crippen molar-refractivity contribution in [1.29, 1.82) is 0 Å². The molecule has 0 aromatic carbocycles. The number of imidazole rings is 1. The highest BCUT2D eigenvalue weighted by Gasteiger charge is 2.58. The van der Waals surface area contributed by atoms with E-state index in [0.29, 0.717) is 0 Å². The van der Waals surface area contributed by atoms with Gasteiger partial charge >= 0.3 is 6.18 Å². The number of carbonyl (C=O) groups excluding carboxylic acids is 1. The number of hydrogen-bond donors (Lipinski definition) is 3. The van der Waals surface area contributed by atoms with Gasteiger partial charge in [-0.3, -0.25) is 15.6 Å². The van der Waals surface area contributed by atoms with E-state index < -0.39 is 29.9 Å². The maximum absolute atomic E-state index is 13.3. The second-order valence-electron chi connectivity index (χ2n) is 4.78. The second-order valence-corrected chi connectivity index (χ2v) is 4.78. The fourth-order valence-electron chi connectivity index (χ4n) is 1.92. The third kappa shape index (κ3) is 3.59. The smallest absolute Gasteiger partial charge is 0.374 e. The summed E-state index contributed by atoms with van der Waals surface area (Å²) in [6.07, 6.45) is -2.53. The number of aryl methyl sites for hydroxylation is 1. The molecular formula is C13H14F3N5O2. The predicted molar refractivity (Wildman–Crippen MR) is 73.8 cm³/mol. The number of aromatic nitrogens is 3. The molecule has 2 aromatic rings. The summed E-state index contributed by atoms with van der Waals surface area (Å²) in [6.45, 7) is 0. The highest BCUT2D eigenvalue weighted by Crippen LogP contribution is 2.40. The Labute approximate surface area is 129 Å². The maximum Gasteiger partial charge on any atom is 0.425 e. The molecule has 0 radical (unpaired) electrons. The molecule has 2 aromatic heterocycles. The van der Waals surface area contributed by atoms with Gasteiger partial charge < -0.3 is 9.67 Å². The fraction of sp³-hybridized carbons (Fsp3) is 0.308. The molecule has 1 atom stereocenters. The minimum absolute atomic E-state index is 0.244. The fourth-order valence-corrected chi connectivity index (χ4v) is 1.92. The van der Waals surface area contributed by atoms with E-state index in [0.717, 1.165) is 10.8 Å². The average Bonchev–Trinajstić information content (AvgIpc) is 2.91. The van der Waals surface area contributed by atoms with Crippen LogP contribution in [0, 0.1) is 0 Å². The lowest BCUT2D eigenvalue weighted by Gasteiger charge is -2.29. The number of halogens is 3. The third-order valence-corrected chi connectivity index (χ3v) is 3.07. The van der Waals surface area contributed by atoms with Crippen molar-refractivity contribution < 1.29 is 23.1 Å². The monoisotopic (exact) mass is 329 g/mol. The average molecular weight is 329 g/mol. The Morgan fingerprint density at radius 1 is 1.30 bits per heavy atom. The van der Waals surface area contributed by atoms with E-state index in [4.69, 9.17) is 0 Å². The standard InChI is InChI=1S/C13H14F3N5O2/c1-21-7-6-18-11(21)12(23,13(14,15)16)8-10(22)20-19-9-4-2-3-5-17-9/h2-7,23H,8H2,1H3,(H,17,19)(H,20,22). The quantitative estimate of drug-likeness (QED) is 0.715. The molecule has 7 nitrogen and oxygen atoms in total. The molecule has 1 amide bonds. The van der Waals surface area contributed by atoms with Crippen molar-refractivity contribution >= 4 is 11.7 Å². The van der Waals surface area contributed by atoms with Crippen molar-refractivity contribution in [2.75, 3.05) is 5.43 Å². The summed E-state index contributed by atoms with van der Waals surface area (Å²) < 4.78 is 40.8. The Bertz CT molecular complexity index is 674. The molecule has 0 aliphatic carbocycles. The Hall–Kier alpha value is -2.62. The minimum Gasteiger partial charge on any atom is -0.374 e. The van der Waals surface area contributed by atoms with Crippen LogP contribution in [0.2, 0.25) is 0 Å². The Morgan fingerprint density at radius 2 is 2.04 bits per heavy atom. The molecule has 0 aliphatic rings. The van der Waals surface area contributed by atoms with Gasteiger partial charge in [-0.2, -0.15) is 13.2 Å². The van der Waals surface area contributed by atoms with Gasteiger partial charge in [0, 0.05) is 25.6 Å². The zero-order valence-electron chi connectivity index (χ0n) is 12.0. The number of nitrogens with zero attached hydrogens (tertiary/aromatic N) is 3. The molecule has 2 heterocycles. The van der Waals surface area contributed by atoms with Gasteiger partial charge in [-0.05, 0) is 12.1 Å². The molecule has 0 spiro atoms. The summed E-state index contributed by atoms with van der Waals surface area (Å²) >= 11 is 0. The molecule has 0 bridgehead atoms. The van der Waals surface area contributed by atoms with Crippen LogP contribution in [0.5, 0.6) is 0 Å². The van der Waals surface area contributed by atoms with E-state index >= 15 is 0 Å². The lowest BCUT2D eigenvalue weighted by Crippen LogP contribution is -2.48. The van der Waals surface area contributed by atoms with Crippen LogP contribution in [-0.2, 0) is 17.4 Å². The van der Waals surface area contributed by atoms with E-state index in [1.165, 1.54) is 25.5 Å². The number of anilines is 1. The maximum atomic E-state index is 13.3. The molecule has 10 heteroatoms. The van der Waals surface area contributed by atoms with Crippen molar-refractivity contribution in [3.63, 3.8) is 0 Å². The zero-order valence-corrected chi connectivity index (χ0v) is 12.0. The summed E-state index contributed by atoms with van der Waals surface area (Å²) in [7, 11) is 1.29. The third-order valence-electron chi connectivity index (χ3n) is 3.07. The largest absolute Gasteiger partial charge is 0.425 e. The van der Waals surface area contributed by atoms with Crippen LogP contribution in [0.4, 0.5) is 19.0 Å². The van der Waals surface area contributed by atoms with Gasteiger partial charge in [0.15, 0.2) is 5.82 Å². The minimum atomic E-state index is -5.07. The molecule has 0 fully saturated rings. The van der Waals surface area contributed by atoms with Gasteiger partial charge in [0.2, 0.25) is 11.5 Å². The number of aliphatic hydroxyl groups is 1. The van der Waals surface area contributed by atoms with Gasteiger partial charge in [-0.1, -0.05) is 6.07 Å². The normalized spacial score (nSPS) is 14.1. The first-order valence-corrected chi connectivity index (χ1v) is 6.47. The number of alkyl halides is 3. The summed E-state index contributed by atoms with van der Waals surface area (Å²) in [5, 5.41) is 10.0. The van der Waals surface area contributed by atoms with Gasteiger partial charge in [-0.25, -0.2) is 9.97 Å². The van der Waals surface area contributed by atoms with Crippen LogP contribution < -0.4 is 10.9 Å². The van der Waals surface area contributed by atoms with E-state index in [2.05, 4.69) is 20.8 Å². The van der Waals surface area contributed by atoms with E-state index in [9.17, 15) is 23.1 Å². The molecule has 3 N–H and O–H groups in total. The number of carbonyl (C=O) groups is 1. The first-order chi connectivity index (χ1) is 10.7. The lowest BCUT2D eigenvalue weighted by molar-refractivity contribution is -0.271. The number of hydrogen-bond acceptors (Lipinski definition) is 5. The first-order valence-electron chi connectivity index (χ1n) is 6.47. The number of rotatable bonds is 5. The molecule has 124 valence electrons. The lowest BCUT2D eigenvalue weighted by atomic mass is 9.97. The van der Waals surface area contributed by atoms with Gasteiger partial charge in [-0.15, -0.1) is 0 Å². The Morgan fingerprint density at radius 3 is 2.57 bits per heavy atom. The number of hydrazine groups is 1. The van der Waals surface area contributed by atoms with E-state index in [1.54, 1.807) is 12.1 Å². The Kier molecular flexibility index (Phi) is 4.55. The number of nitrogens with one attached hydrogen (secondary N) is 2.